The van der Waals surface area contributed by atoms with Gasteiger partial charge in [0.05, 0.1) is 25.6 Å². The van der Waals surface area contributed by atoms with Crippen LogP contribution in [0.3, 0.4) is 0 Å². The second kappa shape index (κ2) is 8.15. The maximum atomic E-state index is 12.9. The number of hydrogen-bond acceptors (Lipinski definition) is 4. The molecule has 6 heteroatoms. The molecule has 0 N–H and O–H groups in total. The van der Waals surface area contributed by atoms with Gasteiger partial charge in [0, 0.05) is 5.02 Å². The lowest BCUT2D eigenvalue weighted by Crippen LogP contribution is -2.39. The molecule has 136 valence electrons. The number of benzene rings is 1. The molecule has 3 rings (SSSR count). The fourth-order valence-electron chi connectivity index (χ4n) is 2.60. The van der Waals surface area contributed by atoms with Crippen molar-refractivity contribution >= 4 is 17.5 Å². The van der Waals surface area contributed by atoms with Gasteiger partial charge < -0.3 is 18.5 Å². The molecule has 0 unspecified atom stereocenters. The molecule has 0 bridgehead atoms. The van der Waals surface area contributed by atoms with Crippen molar-refractivity contribution in [2.24, 2.45) is 0 Å². The second-order valence-corrected chi connectivity index (χ2v) is 6.43. The maximum Gasteiger partial charge on any atom is 0.264 e. The van der Waals surface area contributed by atoms with Crippen LogP contribution in [0.1, 0.15) is 24.0 Å². The summed E-state index contributed by atoms with van der Waals surface area (Å²) < 4.78 is 16.6. The van der Waals surface area contributed by atoms with Crippen molar-refractivity contribution < 1.29 is 18.4 Å². The van der Waals surface area contributed by atoms with E-state index in [9.17, 15) is 4.79 Å². The quantitative estimate of drug-likeness (QED) is 0.595. The van der Waals surface area contributed by atoms with Gasteiger partial charge in [-0.2, -0.15) is 0 Å². The van der Waals surface area contributed by atoms with Gasteiger partial charge >= 0.3 is 0 Å². The molecular formula is C20H20ClNO4. The number of ether oxygens (including phenoxy) is 1. The van der Waals surface area contributed by atoms with Crippen LogP contribution in [0.15, 0.2) is 63.8 Å². The van der Waals surface area contributed by atoms with Crippen LogP contribution < -0.4 is 4.74 Å². The third kappa shape index (κ3) is 4.49. The molecule has 0 radical (unpaired) electrons. The van der Waals surface area contributed by atoms with E-state index in [-0.39, 0.29) is 5.91 Å². The molecule has 0 saturated heterocycles. The van der Waals surface area contributed by atoms with E-state index in [0.29, 0.717) is 35.4 Å². The topological polar surface area (TPSA) is 55.8 Å². The summed E-state index contributed by atoms with van der Waals surface area (Å²) in [6, 6.07) is 12.6. The monoisotopic (exact) mass is 373 g/mol. The normalized spacial score (nSPS) is 12.0. The van der Waals surface area contributed by atoms with Crippen LogP contribution in [0.2, 0.25) is 5.02 Å². The SMILES string of the molecule is Cc1cc(O[C@H](C)C(=O)N(Cc2ccco2)Cc2ccco2)ccc1Cl. The first kappa shape index (κ1) is 18.1. The molecule has 1 atom stereocenters. The van der Waals surface area contributed by atoms with Gasteiger partial charge in [0.1, 0.15) is 17.3 Å². The third-order valence-electron chi connectivity index (χ3n) is 3.96. The van der Waals surface area contributed by atoms with Gasteiger partial charge in [0.15, 0.2) is 6.10 Å². The predicted molar refractivity (Wildman–Crippen MR) is 97.9 cm³/mol. The minimum Gasteiger partial charge on any atom is -0.481 e. The number of nitrogens with zero attached hydrogens (tertiary/aromatic N) is 1. The first-order chi connectivity index (χ1) is 12.5. The average molecular weight is 374 g/mol. The molecule has 0 spiro atoms. The van der Waals surface area contributed by atoms with E-state index in [1.165, 1.54) is 0 Å². The average Bonchev–Trinajstić information content (AvgIpc) is 3.31. The molecule has 0 aliphatic rings. The van der Waals surface area contributed by atoms with Gasteiger partial charge in [0.2, 0.25) is 0 Å². The van der Waals surface area contributed by atoms with Crippen molar-refractivity contribution in [3.8, 4) is 5.75 Å². The van der Waals surface area contributed by atoms with Gasteiger partial charge in [0.25, 0.3) is 5.91 Å². The number of halogens is 1. The Morgan fingerprint density at radius 2 is 1.73 bits per heavy atom. The van der Waals surface area contributed by atoms with Gasteiger partial charge in [-0.15, -0.1) is 0 Å². The van der Waals surface area contributed by atoms with Crippen LogP contribution in [0.5, 0.6) is 5.75 Å². The number of hydrogen-bond donors (Lipinski definition) is 0. The van der Waals surface area contributed by atoms with Crippen LogP contribution in [0, 0.1) is 6.92 Å². The molecule has 0 aliphatic heterocycles. The summed E-state index contributed by atoms with van der Waals surface area (Å²) in [5.74, 6) is 1.83. The lowest BCUT2D eigenvalue weighted by molar-refractivity contribution is -0.139. The Hall–Kier alpha value is -2.66. The summed E-state index contributed by atoms with van der Waals surface area (Å²) in [7, 11) is 0. The van der Waals surface area contributed by atoms with Gasteiger partial charge in [-0.05, 0) is 61.9 Å². The molecule has 0 fully saturated rings. The third-order valence-corrected chi connectivity index (χ3v) is 4.38. The number of amides is 1. The van der Waals surface area contributed by atoms with E-state index in [2.05, 4.69) is 0 Å². The predicted octanol–water partition coefficient (Wildman–Crippen LogP) is 4.83. The Morgan fingerprint density at radius 3 is 2.23 bits per heavy atom. The molecule has 2 aromatic heterocycles. The van der Waals surface area contributed by atoms with Crippen molar-refractivity contribution in [2.75, 3.05) is 0 Å². The first-order valence-electron chi connectivity index (χ1n) is 8.29. The summed E-state index contributed by atoms with van der Waals surface area (Å²) in [4.78, 5) is 14.6. The summed E-state index contributed by atoms with van der Waals surface area (Å²) in [6.45, 7) is 4.28. The van der Waals surface area contributed by atoms with Crippen LogP contribution >= 0.6 is 11.6 Å². The molecule has 1 aromatic carbocycles. The Bertz CT molecular complexity index is 807. The van der Waals surface area contributed by atoms with Crippen molar-refractivity contribution in [2.45, 2.75) is 33.0 Å². The highest BCUT2D eigenvalue weighted by Crippen LogP contribution is 2.22. The Labute approximate surface area is 157 Å². The number of carbonyl (C=O) groups is 1. The minimum atomic E-state index is -0.666. The van der Waals surface area contributed by atoms with Crippen LogP contribution in [0.4, 0.5) is 0 Å². The Balaban J connectivity index is 1.73. The zero-order valence-electron chi connectivity index (χ0n) is 14.6. The molecule has 0 saturated carbocycles. The van der Waals surface area contributed by atoms with E-state index in [4.69, 9.17) is 25.2 Å². The molecule has 3 aromatic rings. The Kier molecular flexibility index (Phi) is 5.68. The maximum absolute atomic E-state index is 12.9. The zero-order chi connectivity index (χ0) is 18.5. The van der Waals surface area contributed by atoms with Gasteiger partial charge in [-0.1, -0.05) is 11.6 Å². The summed E-state index contributed by atoms with van der Waals surface area (Å²) in [5.41, 5.74) is 0.895. The largest absolute Gasteiger partial charge is 0.481 e. The van der Waals surface area contributed by atoms with Crippen molar-refractivity contribution in [1.29, 1.82) is 0 Å². The smallest absolute Gasteiger partial charge is 0.264 e. The van der Waals surface area contributed by atoms with E-state index < -0.39 is 6.10 Å². The molecule has 5 nitrogen and oxygen atoms in total. The first-order valence-corrected chi connectivity index (χ1v) is 8.67. The zero-order valence-corrected chi connectivity index (χ0v) is 15.4. The summed E-state index contributed by atoms with van der Waals surface area (Å²) >= 11 is 6.04. The van der Waals surface area contributed by atoms with Gasteiger partial charge in [-0.3, -0.25) is 4.79 Å². The van der Waals surface area contributed by atoms with Crippen molar-refractivity contribution in [3.63, 3.8) is 0 Å². The highest BCUT2D eigenvalue weighted by atomic mass is 35.5. The molecule has 1 amide bonds. The molecule has 2 heterocycles. The minimum absolute atomic E-state index is 0.162. The molecular weight excluding hydrogens is 354 g/mol. The summed E-state index contributed by atoms with van der Waals surface area (Å²) in [6.07, 6.45) is 2.50. The molecule has 26 heavy (non-hydrogen) atoms. The van der Waals surface area contributed by atoms with E-state index in [1.54, 1.807) is 48.6 Å². The van der Waals surface area contributed by atoms with Gasteiger partial charge in [-0.25, -0.2) is 0 Å². The lowest BCUT2D eigenvalue weighted by atomic mass is 10.2. The highest BCUT2D eigenvalue weighted by Gasteiger charge is 2.24. The molecule has 0 aliphatic carbocycles. The highest BCUT2D eigenvalue weighted by molar-refractivity contribution is 6.31. The van der Waals surface area contributed by atoms with Crippen LogP contribution in [-0.4, -0.2) is 16.9 Å². The number of aryl methyl sites for hydroxylation is 1. The fraction of sp³-hybridized carbons (Fsp3) is 0.250. The standard InChI is InChI=1S/C20H20ClNO4/c1-14-11-16(7-8-19(14)21)26-15(2)20(23)22(12-17-5-3-9-24-17)13-18-6-4-10-25-18/h3-11,15H,12-13H2,1-2H3/t15-/m1/s1. The fourth-order valence-corrected chi connectivity index (χ4v) is 2.71. The summed E-state index contributed by atoms with van der Waals surface area (Å²) in [5, 5.41) is 0.661. The van der Waals surface area contributed by atoms with E-state index >= 15 is 0 Å². The van der Waals surface area contributed by atoms with Crippen LogP contribution in [-0.2, 0) is 17.9 Å². The number of carbonyl (C=O) groups excluding carboxylic acids is 1. The van der Waals surface area contributed by atoms with Crippen molar-refractivity contribution in [3.05, 3.63) is 77.1 Å². The number of rotatable bonds is 7. The van der Waals surface area contributed by atoms with E-state index in [0.717, 1.165) is 5.56 Å². The second-order valence-electron chi connectivity index (χ2n) is 6.02. The van der Waals surface area contributed by atoms with Crippen LogP contribution in [0.25, 0.3) is 0 Å². The van der Waals surface area contributed by atoms with Crippen molar-refractivity contribution in [1.82, 2.24) is 4.90 Å². The number of furan rings is 2. The Morgan fingerprint density at radius 1 is 1.12 bits per heavy atom. The van der Waals surface area contributed by atoms with E-state index in [1.807, 2.05) is 25.1 Å². The lowest BCUT2D eigenvalue weighted by Gasteiger charge is -2.24.